The molecule has 1 aliphatic rings. The molecule has 0 atom stereocenters. The van der Waals surface area contributed by atoms with Crippen molar-refractivity contribution in [3.05, 3.63) is 18.2 Å². The molecule has 0 unspecified atom stereocenters. The van der Waals surface area contributed by atoms with Crippen LogP contribution in [0.3, 0.4) is 0 Å². The molecule has 0 saturated heterocycles. The molecule has 1 aromatic heterocycles. The lowest BCUT2D eigenvalue weighted by Crippen LogP contribution is -2.51. The number of hydrogen-bond donors (Lipinski definition) is 0. The van der Waals surface area contributed by atoms with Crippen LogP contribution in [0.15, 0.2) is 12.4 Å². The molecular formula is C16H27N3O. The van der Waals surface area contributed by atoms with Crippen LogP contribution in [0.25, 0.3) is 0 Å². The van der Waals surface area contributed by atoms with Crippen LogP contribution in [0.2, 0.25) is 0 Å². The summed E-state index contributed by atoms with van der Waals surface area (Å²) in [7, 11) is 4.08. The number of aryl methyl sites for hydroxylation is 1. The number of Topliss-reactive ketones (excluding diaryl/α,β-unsaturated/α-hetero) is 1. The van der Waals surface area contributed by atoms with E-state index >= 15 is 0 Å². The van der Waals surface area contributed by atoms with Gasteiger partial charge >= 0.3 is 0 Å². The van der Waals surface area contributed by atoms with Crippen molar-refractivity contribution >= 4 is 5.78 Å². The molecule has 1 aromatic rings. The number of rotatable bonds is 5. The summed E-state index contributed by atoms with van der Waals surface area (Å²) >= 11 is 0. The lowest BCUT2D eigenvalue weighted by Gasteiger charge is -2.37. The minimum absolute atomic E-state index is 0.211. The standard InChI is InChI=1S/C16H27N3O/c1-4-12-19-13-11-17-15(19)14(20)16(18(2)3)9-7-5-6-8-10-16/h11,13H,4-10,12H2,1-3H3. The molecule has 0 bridgehead atoms. The maximum Gasteiger partial charge on any atom is 0.218 e. The number of imidazole rings is 1. The number of aromatic nitrogens is 2. The largest absolute Gasteiger partial charge is 0.328 e. The van der Waals surface area contributed by atoms with E-state index in [1.165, 1.54) is 12.8 Å². The van der Waals surface area contributed by atoms with E-state index in [0.717, 1.165) is 38.6 Å². The van der Waals surface area contributed by atoms with Crippen LogP contribution >= 0.6 is 0 Å². The van der Waals surface area contributed by atoms with Crippen LogP contribution < -0.4 is 0 Å². The number of carbonyl (C=O) groups excluding carboxylic acids is 1. The normalized spacial score (nSPS) is 19.0. The predicted molar refractivity (Wildman–Crippen MR) is 81.0 cm³/mol. The first-order valence-electron chi connectivity index (χ1n) is 7.85. The van der Waals surface area contributed by atoms with E-state index in [-0.39, 0.29) is 11.3 Å². The highest BCUT2D eigenvalue weighted by Crippen LogP contribution is 2.33. The van der Waals surface area contributed by atoms with Crippen LogP contribution in [0.5, 0.6) is 0 Å². The topological polar surface area (TPSA) is 38.1 Å². The molecule has 2 rings (SSSR count). The fraction of sp³-hybridized carbons (Fsp3) is 0.750. The van der Waals surface area contributed by atoms with Crippen molar-refractivity contribution in [2.24, 2.45) is 0 Å². The van der Waals surface area contributed by atoms with Gasteiger partial charge in [-0.3, -0.25) is 9.69 Å². The van der Waals surface area contributed by atoms with Crippen molar-refractivity contribution in [2.45, 2.75) is 64.0 Å². The molecule has 20 heavy (non-hydrogen) atoms. The molecular weight excluding hydrogens is 250 g/mol. The third-order valence-corrected chi connectivity index (χ3v) is 4.59. The number of hydrogen-bond acceptors (Lipinski definition) is 3. The van der Waals surface area contributed by atoms with Gasteiger partial charge in [0.25, 0.3) is 0 Å². The highest BCUT2D eigenvalue weighted by Gasteiger charge is 2.42. The molecule has 1 fully saturated rings. The monoisotopic (exact) mass is 277 g/mol. The first-order chi connectivity index (χ1) is 9.62. The molecule has 4 heteroatoms. The quantitative estimate of drug-likeness (QED) is 0.613. The summed E-state index contributed by atoms with van der Waals surface area (Å²) < 4.78 is 2.01. The van der Waals surface area contributed by atoms with Gasteiger partial charge in [-0.25, -0.2) is 4.98 Å². The molecule has 1 heterocycles. The molecule has 0 aliphatic heterocycles. The number of likely N-dealkylation sites (N-methyl/N-ethyl adjacent to an activating group) is 1. The third-order valence-electron chi connectivity index (χ3n) is 4.59. The molecule has 4 nitrogen and oxygen atoms in total. The minimum atomic E-state index is -0.354. The Morgan fingerprint density at radius 3 is 2.50 bits per heavy atom. The maximum atomic E-state index is 13.1. The number of nitrogens with zero attached hydrogens (tertiary/aromatic N) is 3. The molecule has 1 saturated carbocycles. The summed E-state index contributed by atoms with van der Waals surface area (Å²) in [5, 5.41) is 0. The molecule has 0 aromatic carbocycles. The Morgan fingerprint density at radius 1 is 1.30 bits per heavy atom. The molecule has 0 radical (unpaired) electrons. The van der Waals surface area contributed by atoms with E-state index in [0.29, 0.717) is 5.82 Å². The van der Waals surface area contributed by atoms with Crippen molar-refractivity contribution in [2.75, 3.05) is 14.1 Å². The van der Waals surface area contributed by atoms with Gasteiger partial charge in [0.05, 0.1) is 5.54 Å². The summed E-state index contributed by atoms with van der Waals surface area (Å²) in [5.74, 6) is 0.852. The highest BCUT2D eigenvalue weighted by molar-refractivity contribution is 6.00. The summed E-state index contributed by atoms with van der Waals surface area (Å²) in [6, 6.07) is 0. The Kier molecular flexibility index (Phi) is 4.97. The van der Waals surface area contributed by atoms with Gasteiger partial charge in [0, 0.05) is 18.9 Å². The van der Waals surface area contributed by atoms with Crippen LogP contribution in [0.4, 0.5) is 0 Å². The van der Waals surface area contributed by atoms with Gasteiger partial charge in [-0.2, -0.15) is 0 Å². The Hall–Kier alpha value is -1.16. The van der Waals surface area contributed by atoms with Crippen molar-refractivity contribution in [1.82, 2.24) is 14.5 Å². The van der Waals surface area contributed by atoms with E-state index in [4.69, 9.17) is 0 Å². The van der Waals surface area contributed by atoms with Crippen LogP contribution in [-0.4, -0.2) is 39.9 Å². The average molecular weight is 277 g/mol. The van der Waals surface area contributed by atoms with E-state index in [1.807, 2.05) is 24.9 Å². The van der Waals surface area contributed by atoms with Crippen molar-refractivity contribution in [1.29, 1.82) is 0 Å². The smallest absolute Gasteiger partial charge is 0.218 e. The molecule has 0 N–H and O–H groups in total. The van der Waals surface area contributed by atoms with Crippen molar-refractivity contribution < 1.29 is 4.79 Å². The minimum Gasteiger partial charge on any atom is -0.328 e. The van der Waals surface area contributed by atoms with E-state index in [9.17, 15) is 4.79 Å². The van der Waals surface area contributed by atoms with E-state index < -0.39 is 0 Å². The maximum absolute atomic E-state index is 13.1. The van der Waals surface area contributed by atoms with Gasteiger partial charge in [-0.1, -0.05) is 32.6 Å². The lowest BCUT2D eigenvalue weighted by molar-refractivity contribution is 0.0618. The average Bonchev–Trinajstić information content (AvgIpc) is 2.73. The third kappa shape index (κ3) is 2.80. The fourth-order valence-corrected chi connectivity index (χ4v) is 3.34. The van der Waals surface area contributed by atoms with Gasteiger partial charge in [0.1, 0.15) is 0 Å². The Labute approximate surface area is 122 Å². The molecule has 0 amide bonds. The summed E-state index contributed by atoms with van der Waals surface area (Å²) in [6.07, 6.45) is 11.4. The second-order valence-corrected chi connectivity index (χ2v) is 6.11. The Morgan fingerprint density at radius 2 is 1.95 bits per heavy atom. The van der Waals surface area contributed by atoms with E-state index in [1.54, 1.807) is 6.20 Å². The molecule has 1 aliphatic carbocycles. The number of ketones is 1. The number of carbonyl (C=O) groups is 1. The zero-order valence-electron chi connectivity index (χ0n) is 13.1. The van der Waals surface area contributed by atoms with Gasteiger partial charge in [0.2, 0.25) is 5.78 Å². The van der Waals surface area contributed by atoms with Gasteiger partial charge < -0.3 is 4.57 Å². The van der Waals surface area contributed by atoms with Crippen LogP contribution in [-0.2, 0) is 6.54 Å². The van der Waals surface area contributed by atoms with Crippen molar-refractivity contribution in [3.8, 4) is 0 Å². The molecule has 0 spiro atoms. The SMILES string of the molecule is CCCn1ccnc1C(=O)C1(N(C)C)CCCCCC1. The predicted octanol–water partition coefficient (Wildman–Crippen LogP) is 3.13. The second kappa shape index (κ2) is 6.53. The van der Waals surface area contributed by atoms with E-state index in [2.05, 4.69) is 16.8 Å². The first kappa shape index (κ1) is 15.2. The highest BCUT2D eigenvalue weighted by atomic mass is 16.1. The first-order valence-corrected chi connectivity index (χ1v) is 7.85. The van der Waals surface area contributed by atoms with Crippen LogP contribution in [0, 0.1) is 0 Å². The molecule has 112 valence electrons. The summed E-state index contributed by atoms with van der Waals surface area (Å²) in [4.78, 5) is 19.6. The van der Waals surface area contributed by atoms with Gasteiger partial charge in [-0.15, -0.1) is 0 Å². The Balaban J connectivity index is 2.33. The van der Waals surface area contributed by atoms with Crippen LogP contribution in [0.1, 0.15) is 62.5 Å². The summed E-state index contributed by atoms with van der Waals surface area (Å²) in [5.41, 5.74) is -0.354. The fourth-order valence-electron chi connectivity index (χ4n) is 3.34. The summed E-state index contributed by atoms with van der Waals surface area (Å²) in [6.45, 7) is 2.99. The van der Waals surface area contributed by atoms with Gasteiger partial charge in [-0.05, 0) is 33.4 Å². The second-order valence-electron chi connectivity index (χ2n) is 6.11. The van der Waals surface area contributed by atoms with Crippen molar-refractivity contribution in [3.63, 3.8) is 0 Å². The van der Waals surface area contributed by atoms with Gasteiger partial charge in [0.15, 0.2) is 5.82 Å². The Bertz CT molecular complexity index is 442. The lowest BCUT2D eigenvalue weighted by atomic mass is 9.84. The zero-order chi connectivity index (χ0) is 14.6. The zero-order valence-corrected chi connectivity index (χ0v) is 13.1.